The van der Waals surface area contributed by atoms with Crippen LogP contribution in [0, 0.1) is 17.5 Å². The number of benzene rings is 2. The van der Waals surface area contributed by atoms with Crippen LogP contribution in [-0.4, -0.2) is 11.0 Å². The van der Waals surface area contributed by atoms with E-state index in [1.807, 2.05) is 0 Å². The monoisotopic (exact) mass is 435 g/mol. The summed E-state index contributed by atoms with van der Waals surface area (Å²) < 4.78 is 46.1. The van der Waals surface area contributed by atoms with E-state index in [4.69, 9.17) is 16.3 Å². The maximum Gasteiger partial charge on any atom is 1.00 e. The van der Waals surface area contributed by atoms with Gasteiger partial charge in [0.25, 0.3) is 0 Å². The maximum absolute atomic E-state index is 13.8. The van der Waals surface area contributed by atoms with Crippen molar-refractivity contribution >= 4 is 28.9 Å². The van der Waals surface area contributed by atoms with Crippen LogP contribution in [0.3, 0.4) is 0 Å². The van der Waals surface area contributed by atoms with Crippen molar-refractivity contribution in [1.29, 1.82) is 0 Å². The van der Waals surface area contributed by atoms with Crippen molar-refractivity contribution in [3.05, 3.63) is 69.4 Å². The molecule has 0 atom stereocenters. The van der Waals surface area contributed by atoms with Gasteiger partial charge < -0.3 is 14.6 Å². The van der Waals surface area contributed by atoms with Crippen LogP contribution in [0.15, 0.2) is 35.7 Å². The molecule has 0 spiro atoms. The third kappa shape index (κ3) is 5.48. The molecule has 0 unspecified atom stereocenters. The second-order valence-corrected chi connectivity index (χ2v) is 6.76. The Morgan fingerprint density at radius 2 is 1.86 bits per heavy atom. The number of carboxylic acid groups (broad SMARTS) is 1. The number of aliphatic carboxylic acids is 1. The number of halogens is 4. The fourth-order valence-corrected chi connectivity index (χ4v) is 3.33. The zero-order chi connectivity index (χ0) is 19.6. The van der Waals surface area contributed by atoms with Crippen molar-refractivity contribution in [1.82, 2.24) is 4.98 Å². The Bertz CT molecular complexity index is 992. The molecule has 3 rings (SSSR count). The smallest absolute Gasteiger partial charge is 0.550 e. The first-order chi connectivity index (χ1) is 12.8. The van der Waals surface area contributed by atoms with Gasteiger partial charge in [-0.05, 0) is 18.2 Å². The molecule has 140 valence electrons. The van der Waals surface area contributed by atoms with Crippen LogP contribution in [0.4, 0.5) is 13.2 Å². The van der Waals surface area contributed by atoms with E-state index in [1.54, 1.807) is 5.38 Å². The van der Waals surface area contributed by atoms with Gasteiger partial charge in [0.15, 0.2) is 0 Å². The van der Waals surface area contributed by atoms with Crippen LogP contribution in [-0.2, 0) is 17.8 Å². The van der Waals surface area contributed by atoms with E-state index in [0.717, 1.165) is 11.3 Å². The van der Waals surface area contributed by atoms with E-state index >= 15 is 0 Å². The fourth-order valence-electron chi connectivity index (χ4n) is 2.31. The summed E-state index contributed by atoms with van der Waals surface area (Å²) >= 11 is 7.16. The number of nitrogens with zero attached hydrogens (tertiary/aromatic N) is 1. The SMILES string of the molecule is O=C([O-])Cc1csc(-c2cc(Cl)ccc2OCc2c(F)cc(F)cc2F)n1.[Na+]. The van der Waals surface area contributed by atoms with E-state index in [2.05, 4.69) is 4.98 Å². The van der Waals surface area contributed by atoms with Crippen molar-refractivity contribution in [2.75, 3.05) is 0 Å². The first-order valence-electron chi connectivity index (χ1n) is 7.54. The van der Waals surface area contributed by atoms with Crippen LogP contribution in [0.25, 0.3) is 10.6 Å². The summed E-state index contributed by atoms with van der Waals surface area (Å²) in [6, 6.07) is 5.69. The minimum absolute atomic E-state index is 0. The van der Waals surface area contributed by atoms with Crippen molar-refractivity contribution in [3.63, 3.8) is 0 Å². The number of rotatable bonds is 6. The average molecular weight is 436 g/mol. The minimum atomic E-state index is -1.27. The van der Waals surface area contributed by atoms with Gasteiger partial charge in [-0.2, -0.15) is 0 Å². The Morgan fingerprint density at radius 3 is 2.50 bits per heavy atom. The second-order valence-electron chi connectivity index (χ2n) is 5.47. The number of aromatic nitrogens is 1. The molecule has 0 aliphatic heterocycles. The molecule has 0 bridgehead atoms. The van der Waals surface area contributed by atoms with Crippen LogP contribution in [0.2, 0.25) is 5.02 Å². The predicted octanol–water partition coefficient (Wildman–Crippen LogP) is 0.756. The zero-order valence-electron chi connectivity index (χ0n) is 14.5. The van der Waals surface area contributed by atoms with Crippen molar-refractivity contribution < 1.29 is 57.4 Å². The van der Waals surface area contributed by atoms with E-state index in [1.165, 1.54) is 18.2 Å². The van der Waals surface area contributed by atoms with E-state index in [-0.39, 0.29) is 41.7 Å². The number of hydrogen-bond acceptors (Lipinski definition) is 5. The van der Waals surface area contributed by atoms with Crippen molar-refractivity contribution in [3.8, 4) is 16.3 Å². The molecule has 28 heavy (non-hydrogen) atoms. The second kappa shape index (κ2) is 9.76. The van der Waals surface area contributed by atoms with Crippen LogP contribution >= 0.6 is 22.9 Å². The Labute approximate surface area is 189 Å². The minimum Gasteiger partial charge on any atom is -0.550 e. The van der Waals surface area contributed by atoms with Gasteiger partial charge in [-0.1, -0.05) is 11.6 Å². The molecule has 1 aromatic heterocycles. The number of ether oxygens (including phenoxy) is 1. The number of carboxylic acids is 1. The van der Waals surface area contributed by atoms with Gasteiger partial charge in [-0.15, -0.1) is 11.3 Å². The summed E-state index contributed by atoms with van der Waals surface area (Å²) in [4.78, 5) is 14.9. The van der Waals surface area contributed by atoms with Gasteiger partial charge in [0.2, 0.25) is 0 Å². The predicted molar refractivity (Wildman–Crippen MR) is 91.9 cm³/mol. The number of carbonyl (C=O) groups is 1. The largest absolute Gasteiger partial charge is 1.00 e. The summed E-state index contributed by atoms with van der Waals surface area (Å²) in [7, 11) is 0. The molecule has 4 nitrogen and oxygen atoms in total. The van der Waals surface area contributed by atoms with Crippen LogP contribution in [0.1, 0.15) is 11.3 Å². The summed E-state index contributed by atoms with van der Waals surface area (Å²) in [5, 5.41) is 13.0. The van der Waals surface area contributed by atoms with Gasteiger partial charge in [-0.25, -0.2) is 18.2 Å². The molecule has 10 heteroatoms. The van der Waals surface area contributed by atoms with Crippen LogP contribution < -0.4 is 39.4 Å². The van der Waals surface area contributed by atoms with E-state index in [0.29, 0.717) is 33.4 Å². The standard InChI is InChI=1S/C18H11ClF3NO3S.Na/c19-9-1-2-16(26-7-13-14(21)4-10(20)5-15(13)22)12(3-9)18-23-11(8-27-18)6-17(24)25;/h1-5,8H,6-7H2,(H,24,25);/q;+1/p-1. The summed E-state index contributed by atoms with van der Waals surface area (Å²) in [5.74, 6) is -4.18. The van der Waals surface area contributed by atoms with Gasteiger partial charge in [0.1, 0.15) is 34.8 Å². The number of thiazole rings is 1. The van der Waals surface area contributed by atoms with Crippen LogP contribution in [0.5, 0.6) is 5.75 Å². The third-order valence-corrected chi connectivity index (χ3v) is 4.69. The first kappa shape index (κ1) is 22.7. The van der Waals surface area contributed by atoms with Crippen molar-refractivity contribution in [2.45, 2.75) is 13.0 Å². The summed E-state index contributed by atoms with van der Waals surface area (Å²) in [5.41, 5.74) is 0.311. The van der Waals surface area contributed by atoms with Gasteiger partial charge in [0.05, 0.1) is 16.8 Å². The molecule has 0 radical (unpaired) electrons. The van der Waals surface area contributed by atoms with Crippen molar-refractivity contribution in [2.24, 2.45) is 0 Å². The zero-order valence-corrected chi connectivity index (χ0v) is 18.0. The molecule has 1 heterocycles. The Kier molecular flexibility index (Phi) is 7.91. The molecule has 3 aromatic rings. The van der Waals surface area contributed by atoms with E-state index in [9.17, 15) is 23.1 Å². The van der Waals surface area contributed by atoms with Gasteiger partial charge in [0, 0.05) is 34.9 Å². The van der Waals surface area contributed by atoms with Gasteiger partial charge in [-0.3, -0.25) is 0 Å². The molecule has 0 saturated carbocycles. The molecule has 0 amide bonds. The maximum atomic E-state index is 13.8. The van der Waals surface area contributed by atoms with E-state index < -0.39 is 35.6 Å². The Morgan fingerprint density at radius 1 is 1.18 bits per heavy atom. The topological polar surface area (TPSA) is 62.2 Å². The Balaban J connectivity index is 0.00000280. The summed E-state index contributed by atoms with van der Waals surface area (Å²) in [6.07, 6.45) is -0.348. The molecule has 0 N–H and O–H groups in total. The first-order valence-corrected chi connectivity index (χ1v) is 8.79. The number of hydrogen-bond donors (Lipinski definition) is 0. The fraction of sp³-hybridized carbons (Fsp3) is 0.111. The molecule has 0 aliphatic carbocycles. The molecule has 2 aromatic carbocycles. The normalized spacial score (nSPS) is 10.4. The molecule has 0 saturated heterocycles. The average Bonchev–Trinajstić information content (AvgIpc) is 3.02. The third-order valence-electron chi connectivity index (χ3n) is 3.53. The molecular formula is C18H10ClF3NNaO3S. The number of carbonyl (C=O) groups excluding carboxylic acids is 1. The molecule has 0 aliphatic rings. The summed E-state index contributed by atoms with van der Waals surface area (Å²) in [6.45, 7) is -0.482. The quantitative estimate of drug-likeness (QED) is 0.536. The molecule has 0 fully saturated rings. The van der Waals surface area contributed by atoms with Gasteiger partial charge >= 0.3 is 29.6 Å². The molecular weight excluding hydrogens is 426 g/mol. The Hall–Kier alpha value is -1.58.